The number of aryl methyl sites for hydroxylation is 1. The Morgan fingerprint density at radius 3 is 2.21 bits per heavy atom. The average Bonchev–Trinajstić information content (AvgIpc) is 2.68. The summed E-state index contributed by atoms with van der Waals surface area (Å²) >= 11 is 0. The Labute approximate surface area is 199 Å². The molecule has 3 unspecified atom stereocenters. The molecule has 0 saturated carbocycles. The summed E-state index contributed by atoms with van der Waals surface area (Å²) in [4.78, 5) is 40.9. The van der Waals surface area contributed by atoms with Crippen LogP contribution in [0.2, 0.25) is 0 Å². The summed E-state index contributed by atoms with van der Waals surface area (Å²) in [5.41, 5.74) is 2.15. The Bertz CT molecular complexity index is 816. The van der Waals surface area contributed by atoms with Crippen LogP contribution in [0.15, 0.2) is 18.2 Å². The maximum atomic E-state index is 13.5. The quantitative estimate of drug-likeness (QED) is 0.524. The van der Waals surface area contributed by atoms with E-state index in [1.807, 2.05) is 45.9 Å². The SMILES string of the molecule is CCCC(C)NC(=O)C(c1cccc(C)c1C)N(CCC)C(=O)C(C)NC(=O)OC(C)(C)C. The molecule has 0 saturated heterocycles. The highest BCUT2D eigenvalue weighted by atomic mass is 16.6. The van der Waals surface area contributed by atoms with Crippen molar-refractivity contribution in [3.8, 4) is 0 Å². The molecule has 0 aromatic heterocycles. The predicted molar refractivity (Wildman–Crippen MR) is 132 cm³/mol. The van der Waals surface area contributed by atoms with E-state index >= 15 is 0 Å². The van der Waals surface area contributed by atoms with E-state index in [0.29, 0.717) is 13.0 Å². The molecule has 0 aliphatic rings. The van der Waals surface area contributed by atoms with Gasteiger partial charge in [0.1, 0.15) is 17.7 Å². The van der Waals surface area contributed by atoms with Crippen molar-refractivity contribution in [2.75, 3.05) is 6.54 Å². The van der Waals surface area contributed by atoms with Gasteiger partial charge in [0.2, 0.25) is 11.8 Å². The Balaban J connectivity index is 3.34. The van der Waals surface area contributed by atoms with Crippen molar-refractivity contribution in [1.29, 1.82) is 0 Å². The van der Waals surface area contributed by atoms with Gasteiger partial charge in [0.25, 0.3) is 0 Å². The van der Waals surface area contributed by atoms with Gasteiger partial charge in [0, 0.05) is 12.6 Å². The van der Waals surface area contributed by atoms with E-state index in [4.69, 9.17) is 4.74 Å². The van der Waals surface area contributed by atoms with Gasteiger partial charge >= 0.3 is 6.09 Å². The van der Waals surface area contributed by atoms with E-state index in [2.05, 4.69) is 17.6 Å². The van der Waals surface area contributed by atoms with Gasteiger partial charge < -0.3 is 20.3 Å². The van der Waals surface area contributed by atoms with E-state index in [1.54, 1.807) is 32.6 Å². The molecule has 0 radical (unpaired) electrons. The highest BCUT2D eigenvalue weighted by Gasteiger charge is 2.35. The summed E-state index contributed by atoms with van der Waals surface area (Å²) < 4.78 is 5.31. The minimum atomic E-state index is -0.847. The number of carbonyl (C=O) groups excluding carboxylic acids is 3. The fourth-order valence-electron chi connectivity index (χ4n) is 3.75. The van der Waals surface area contributed by atoms with Crippen LogP contribution in [0.25, 0.3) is 0 Å². The maximum Gasteiger partial charge on any atom is 0.408 e. The van der Waals surface area contributed by atoms with Gasteiger partial charge in [-0.3, -0.25) is 9.59 Å². The van der Waals surface area contributed by atoms with Gasteiger partial charge in [-0.2, -0.15) is 0 Å². The van der Waals surface area contributed by atoms with E-state index in [9.17, 15) is 14.4 Å². The molecule has 186 valence electrons. The Hall–Kier alpha value is -2.57. The van der Waals surface area contributed by atoms with Gasteiger partial charge in [0.15, 0.2) is 0 Å². The van der Waals surface area contributed by atoms with Crippen LogP contribution in [0.1, 0.15) is 90.5 Å². The largest absolute Gasteiger partial charge is 0.444 e. The molecule has 3 amide bonds. The zero-order valence-corrected chi connectivity index (χ0v) is 21.9. The second kappa shape index (κ2) is 12.6. The lowest BCUT2D eigenvalue weighted by Crippen LogP contribution is -2.53. The number of ether oxygens (including phenoxy) is 1. The molecule has 7 heteroatoms. The summed E-state index contributed by atoms with van der Waals surface area (Å²) in [6, 6.07) is 4.15. The van der Waals surface area contributed by atoms with Crippen molar-refractivity contribution >= 4 is 17.9 Å². The molecular formula is C26H43N3O4. The zero-order valence-electron chi connectivity index (χ0n) is 21.9. The molecule has 0 aliphatic carbocycles. The van der Waals surface area contributed by atoms with Crippen molar-refractivity contribution in [3.05, 3.63) is 34.9 Å². The number of carbonyl (C=O) groups is 3. The van der Waals surface area contributed by atoms with Crippen LogP contribution in [-0.4, -0.2) is 47.0 Å². The molecule has 3 atom stereocenters. The van der Waals surface area contributed by atoms with Crippen LogP contribution in [-0.2, 0) is 14.3 Å². The molecule has 1 rings (SSSR count). The highest BCUT2D eigenvalue weighted by Crippen LogP contribution is 2.28. The number of nitrogens with zero attached hydrogens (tertiary/aromatic N) is 1. The van der Waals surface area contributed by atoms with Gasteiger partial charge in [-0.1, -0.05) is 38.5 Å². The third kappa shape index (κ3) is 8.71. The number of hydrogen-bond acceptors (Lipinski definition) is 4. The van der Waals surface area contributed by atoms with Gasteiger partial charge in [-0.25, -0.2) is 4.79 Å². The molecule has 1 aromatic rings. The lowest BCUT2D eigenvalue weighted by atomic mass is 9.94. The normalized spacial score (nSPS) is 14.1. The number of rotatable bonds is 10. The summed E-state index contributed by atoms with van der Waals surface area (Å²) in [5.74, 6) is -0.539. The fourth-order valence-corrected chi connectivity index (χ4v) is 3.75. The molecule has 0 heterocycles. The second-order valence-corrected chi connectivity index (χ2v) is 9.79. The molecule has 7 nitrogen and oxygen atoms in total. The van der Waals surface area contributed by atoms with Gasteiger partial charge in [0.05, 0.1) is 0 Å². The fraction of sp³-hybridized carbons (Fsp3) is 0.654. The second-order valence-electron chi connectivity index (χ2n) is 9.79. The van der Waals surface area contributed by atoms with Crippen molar-refractivity contribution in [1.82, 2.24) is 15.5 Å². The Morgan fingerprint density at radius 2 is 1.67 bits per heavy atom. The van der Waals surface area contributed by atoms with Crippen molar-refractivity contribution in [3.63, 3.8) is 0 Å². The first-order chi connectivity index (χ1) is 15.3. The van der Waals surface area contributed by atoms with Crippen LogP contribution < -0.4 is 10.6 Å². The first-order valence-corrected chi connectivity index (χ1v) is 12.0. The van der Waals surface area contributed by atoms with E-state index in [1.165, 1.54) is 0 Å². The lowest BCUT2D eigenvalue weighted by molar-refractivity contribution is -0.142. The highest BCUT2D eigenvalue weighted by molar-refractivity contribution is 5.92. The summed E-state index contributed by atoms with van der Waals surface area (Å²) in [6.45, 7) is 17.3. The van der Waals surface area contributed by atoms with E-state index in [-0.39, 0.29) is 17.9 Å². The topological polar surface area (TPSA) is 87.7 Å². The predicted octanol–water partition coefficient (Wildman–Crippen LogP) is 4.80. The smallest absolute Gasteiger partial charge is 0.408 e. The molecule has 33 heavy (non-hydrogen) atoms. The Kier molecular flexibility index (Phi) is 10.9. The van der Waals surface area contributed by atoms with Gasteiger partial charge in [-0.05, 0) is 78.0 Å². The van der Waals surface area contributed by atoms with Crippen molar-refractivity contribution < 1.29 is 19.1 Å². The maximum absolute atomic E-state index is 13.5. The molecule has 0 fully saturated rings. The van der Waals surface area contributed by atoms with Crippen molar-refractivity contribution in [2.45, 2.75) is 105 Å². The van der Waals surface area contributed by atoms with E-state index in [0.717, 1.165) is 29.5 Å². The van der Waals surface area contributed by atoms with Crippen LogP contribution in [0.3, 0.4) is 0 Å². The van der Waals surface area contributed by atoms with Crippen LogP contribution in [0.5, 0.6) is 0 Å². The molecular weight excluding hydrogens is 418 g/mol. The van der Waals surface area contributed by atoms with Crippen LogP contribution in [0.4, 0.5) is 4.79 Å². The van der Waals surface area contributed by atoms with Crippen molar-refractivity contribution in [2.24, 2.45) is 0 Å². The number of amides is 3. The third-order valence-corrected chi connectivity index (χ3v) is 5.46. The monoisotopic (exact) mass is 461 g/mol. The van der Waals surface area contributed by atoms with Crippen LogP contribution >= 0.6 is 0 Å². The van der Waals surface area contributed by atoms with E-state index < -0.39 is 23.8 Å². The molecule has 0 aliphatic heterocycles. The number of alkyl carbamates (subject to hydrolysis) is 1. The summed E-state index contributed by atoms with van der Waals surface area (Å²) in [5, 5.41) is 5.71. The standard InChI is InChI=1S/C26H43N3O4/c1-10-13-18(4)27-23(30)22(21-15-12-14-17(3)19(21)5)29(16-11-2)24(31)20(6)28-25(32)33-26(7,8)9/h12,14-15,18,20,22H,10-11,13,16H2,1-9H3,(H,27,30)(H,28,32). The zero-order chi connectivity index (χ0) is 25.3. The summed E-state index contributed by atoms with van der Waals surface area (Å²) in [6.07, 6.45) is 1.81. The number of nitrogens with one attached hydrogen (secondary N) is 2. The molecule has 2 N–H and O–H groups in total. The third-order valence-electron chi connectivity index (χ3n) is 5.46. The number of benzene rings is 1. The minimum Gasteiger partial charge on any atom is -0.444 e. The Morgan fingerprint density at radius 1 is 1.03 bits per heavy atom. The summed E-state index contributed by atoms with van der Waals surface area (Å²) in [7, 11) is 0. The minimum absolute atomic E-state index is 0.00833. The molecule has 0 bridgehead atoms. The van der Waals surface area contributed by atoms with Crippen LogP contribution in [0, 0.1) is 13.8 Å². The molecule has 0 spiro atoms. The first-order valence-electron chi connectivity index (χ1n) is 12.0. The number of hydrogen-bond donors (Lipinski definition) is 2. The first kappa shape index (κ1) is 28.5. The lowest BCUT2D eigenvalue weighted by Gasteiger charge is -2.35. The average molecular weight is 462 g/mol. The van der Waals surface area contributed by atoms with Gasteiger partial charge in [-0.15, -0.1) is 0 Å². The molecule has 1 aromatic carbocycles.